The number of likely N-dealkylation sites (tertiary alicyclic amines) is 1. The molecule has 1 heterocycles. The zero-order valence-electron chi connectivity index (χ0n) is 14.2. The molecule has 1 saturated heterocycles. The van der Waals surface area contributed by atoms with Gasteiger partial charge in [-0.1, -0.05) is 48.5 Å². The maximum Gasteiger partial charge on any atom is 0.254 e. The van der Waals surface area contributed by atoms with Crippen molar-refractivity contribution in [2.75, 3.05) is 19.7 Å². The van der Waals surface area contributed by atoms with Crippen LogP contribution < -0.4 is 0 Å². The Morgan fingerprint density at radius 1 is 0.920 bits per heavy atom. The van der Waals surface area contributed by atoms with E-state index in [0.29, 0.717) is 29.8 Å². The highest BCUT2D eigenvalue weighted by atomic mass is 16.3. The van der Waals surface area contributed by atoms with Gasteiger partial charge in [0.15, 0.2) is 5.78 Å². The van der Waals surface area contributed by atoms with Crippen LogP contribution in [0.1, 0.15) is 45.5 Å². The van der Waals surface area contributed by atoms with Crippen molar-refractivity contribution in [2.45, 2.75) is 19.3 Å². The minimum atomic E-state index is -0.132. The third kappa shape index (κ3) is 3.97. The fourth-order valence-corrected chi connectivity index (χ4v) is 3.33. The van der Waals surface area contributed by atoms with Crippen molar-refractivity contribution in [2.24, 2.45) is 5.92 Å². The van der Waals surface area contributed by atoms with Gasteiger partial charge in [-0.15, -0.1) is 0 Å². The van der Waals surface area contributed by atoms with Gasteiger partial charge in [0.25, 0.3) is 5.91 Å². The molecule has 0 bridgehead atoms. The van der Waals surface area contributed by atoms with Crippen molar-refractivity contribution in [3.05, 3.63) is 71.3 Å². The van der Waals surface area contributed by atoms with Crippen LogP contribution in [0, 0.1) is 5.92 Å². The van der Waals surface area contributed by atoms with Crippen LogP contribution in [0.4, 0.5) is 0 Å². The molecule has 1 amide bonds. The molecule has 2 aromatic rings. The third-order valence-corrected chi connectivity index (χ3v) is 4.83. The van der Waals surface area contributed by atoms with Gasteiger partial charge in [-0.2, -0.15) is 0 Å². The summed E-state index contributed by atoms with van der Waals surface area (Å²) in [5.74, 6) is 0.0325. The van der Waals surface area contributed by atoms with Crippen LogP contribution in [-0.4, -0.2) is 41.4 Å². The second kappa shape index (κ2) is 8.08. The molecule has 3 rings (SSSR count). The normalized spacial score (nSPS) is 17.8. The number of rotatable bonds is 4. The van der Waals surface area contributed by atoms with Crippen molar-refractivity contribution >= 4 is 11.7 Å². The van der Waals surface area contributed by atoms with Crippen LogP contribution in [0.15, 0.2) is 54.6 Å². The van der Waals surface area contributed by atoms with E-state index in [-0.39, 0.29) is 24.2 Å². The molecule has 1 aliphatic rings. The van der Waals surface area contributed by atoms with E-state index >= 15 is 0 Å². The van der Waals surface area contributed by atoms with Gasteiger partial charge in [-0.05, 0) is 31.2 Å². The average molecular weight is 337 g/mol. The minimum absolute atomic E-state index is 0.0986. The molecule has 25 heavy (non-hydrogen) atoms. The molecular weight excluding hydrogens is 314 g/mol. The van der Waals surface area contributed by atoms with Crippen LogP contribution in [0.3, 0.4) is 0 Å². The standard InChI is InChI=1S/C21H23NO3/c23-15-16-7-6-13-22(14-12-16)21(25)19-11-5-4-10-18(19)20(24)17-8-2-1-3-9-17/h1-5,8-11,16,23H,6-7,12-15H2. The molecular formula is C21H23NO3. The van der Waals surface area contributed by atoms with Gasteiger partial charge in [0.2, 0.25) is 0 Å². The van der Waals surface area contributed by atoms with Gasteiger partial charge in [0.05, 0.1) is 5.56 Å². The highest BCUT2D eigenvalue weighted by Crippen LogP contribution is 2.21. The van der Waals surface area contributed by atoms with Gasteiger partial charge in [0.1, 0.15) is 0 Å². The summed E-state index contributed by atoms with van der Waals surface area (Å²) in [4.78, 5) is 27.6. The van der Waals surface area contributed by atoms with E-state index in [0.717, 1.165) is 19.3 Å². The van der Waals surface area contributed by atoms with Crippen LogP contribution in [0.2, 0.25) is 0 Å². The Kier molecular flexibility index (Phi) is 5.61. The summed E-state index contributed by atoms with van der Waals surface area (Å²) in [5.41, 5.74) is 1.49. The van der Waals surface area contributed by atoms with Crippen LogP contribution in [-0.2, 0) is 0 Å². The van der Waals surface area contributed by atoms with Crippen molar-refractivity contribution < 1.29 is 14.7 Å². The summed E-state index contributed by atoms with van der Waals surface area (Å²) in [6.07, 6.45) is 2.62. The number of aliphatic hydroxyl groups is 1. The number of nitrogens with zero attached hydrogens (tertiary/aromatic N) is 1. The summed E-state index contributed by atoms with van der Waals surface area (Å²) in [6, 6.07) is 16.1. The van der Waals surface area contributed by atoms with E-state index in [1.807, 2.05) is 23.1 Å². The van der Waals surface area contributed by atoms with E-state index in [4.69, 9.17) is 0 Å². The van der Waals surface area contributed by atoms with E-state index in [9.17, 15) is 14.7 Å². The molecule has 1 N–H and O–H groups in total. The maximum absolute atomic E-state index is 13.0. The molecule has 0 aromatic heterocycles. The van der Waals surface area contributed by atoms with Crippen molar-refractivity contribution in [3.63, 3.8) is 0 Å². The molecule has 1 aliphatic heterocycles. The van der Waals surface area contributed by atoms with Crippen LogP contribution in [0.5, 0.6) is 0 Å². The number of hydrogen-bond acceptors (Lipinski definition) is 3. The number of carbonyl (C=O) groups is 2. The molecule has 1 fully saturated rings. The Labute approximate surface area is 148 Å². The SMILES string of the molecule is O=C(c1ccccc1)c1ccccc1C(=O)N1CCCC(CO)CC1. The molecule has 2 aromatic carbocycles. The second-order valence-corrected chi connectivity index (χ2v) is 6.51. The lowest BCUT2D eigenvalue weighted by Gasteiger charge is -2.22. The molecule has 1 unspecified atom stereocenters. The van der Waals surface area contributed by atoms with E-state index in [2.05, 4.69) is 0 Å². The largest absolute Gasteiger partial charge is 0.396 e. The minimum Gasteiger partial charge on any atom is -0.396 e. The number of hydrogen-bond donors (Lipinski definition) is 1. The molecule has 130 valence electrons. The number of aliphatic hydroxyl groups excluding tert-OH is 1. The Bertz CT molecular complexity index is 742. The van der Waals surface area contributed by atoms with Gasteiger partial charge in [0, 0.05) is 30.8 Å². The number of carbonyl (C=O) groups excluding carboxylic acids is 2. The summed E-state index contributed by atoms with van der Waals surface area (Å²) < 4.78 is 0. The summed E-state index contributed by atoms with van der Waals surface area (Å²) >= 11 is 0. The Balaban J connectivity index is 1.85. The van der Waals surface area contributed by atoms with Crippen molar-refractivity contribution in [1.82, 2.24) is 4.90 Å². The summed E-state index contributed by atoms with van der Waals surface area (Å²) in [6.45, 7) is 1.46. The molecule has 1 atom stereocenters. The average Bonchev–Trinajstić information content (AvgIpc) is 2.93. The van der Waals surface area contributed by atoms with Gasteiger partial charge in [-0.3, -0.25) is 9.59 Å². The molecule has 0 radical (unpaired) electrons. The first kappa shape index (κ1) is 17.4. The fraction of sp³-hybridized carbons (Fsp3) is 0.333. The predicted molar refractivity (Wildman–Crippen MR) is 96.6 cm³/mol. The fourth-order valence-electron chi connectivity index (χ4n) is 3.33. The first-order chi connectivity index (χ1) is 12.2. The van der Waals surface area contributed by atoms with Crippen molar-refractivity contribution in [3.8, 4) is 0 Å². The quantitative estimate of drug-likeness (QED) is 0.872. The molecule has 0 aliphatic carbocycles. The molecule has 4 nitrogen and oxygen atoms in total. The monoisotopic (exact) mass is 337 g/mol. The van der Waals surface area contributed by atoms with E-state index in [1.165, 1.54) is 0 Å². The second-order valence-electron chi connectivity index (χ2n) is 6.51. The van der Waals surface area contributed by atoms with E-state index in [1.54, 1.807) is 36.4 Å². The topological polar surface area (TPSA) is 57.6 Å². The lowest BCUT2D eigenvalue weighted by atomic mass is 9.97. The smallest absolute Gasteiger partial charge is 0.254 e. The number of amides is 1. The zero-order chi connectivity index (χ0) is 17.6. The van der Waals surface area contributed by atoms with Crippen LogP contribution in [0.25, 0.3) is 0 Å². The molecule has 0 saturated carbocycles. The first-order valence-corrected chi connectivity index (χ1v) is 8.79. The van der Waals surface area contributed by atoms with Gasteiger partial charge < -0.3 is 10.0 Å². The lowest BCUT2D eigenvalue weighted by molar-refractivity contribution is 0.0753. The Hall–Kier alpha value is -2.46. The summed E-state index contributed by atoms with van der Waals surface area (Å²) in [7, 11) is 0. The molecule has 0 spiro atoms. The Morgan fingerprint density at radius 3 is 2.32 bits per heavy atom. The Morgan fingerprint density at radius 2 is 1.60 bits per heavy atom. The van der Waals surface area contributed by atoms with Gasteiger partial charge in [-0.25, -0.2) is 0 Å². The lowest BCUT2D eigenvalue weighted by Crippen LogP contribution is -2.33. The van der Waals surface area contributed by atoms with Gasteiger partial charge >= 0.3 is 0 Å². The third-order valence-electron chi connectivity index (χ3n) is 4.83. The molecule has 4 heteroatoms. The zero-order valence-corrected chi connectivity index (χ0v) is 14.2. The highest BCUT2D eigenvalue weighted by molar-refractivity contribution is 6.15. The highest BCUT2D eigenvalue weighted by Gasteiger charge is 2.24. The summed E-state index contributed by atoms with van der Waals surface area (Å²) in [5, 5.41) is 9.35. The number of benzene rings is 2. The maximum atomic E-state index is 13.0. The van der Waals surface area contributed by atoms with Crippen LogP contribution >= 0.6 is 0 Å². The predicted octanol–water partition coefficient (Wildman–Crippen LogP) is 3.15. The van der Waals surface area contributed by atoms with E-state index < -0.39 is 0 Å². The number of ketones is 1. The first-order valence-electron chi connectivity index (χ1n) is 8.79. The van der Waals surface area contributed by atoms with Crippen molar-refractivity contribution in [1.29, 1.82) is 0 Å².